The van der Waals surface area contributed by atoms with Gasteiger partial charge >= 0.3 is 0 Å². The lowest BCUT2D eigenvalue weighted by molar-refractivity contribution is 0.102. The fraction of sp³-hybridized carbons (Fsp3) is 0.250. The molecule has 0 fully saturated rings. The van der Waals surface area contributed by atoms with Gasteiger partial charge in [0.2, 0.25) is 0 Å². The van der Waals surface area contributed by atoms with E-state index in [0.717, 1.165) is 0 Å². The second-order valence-electron chi connectivity index (χ2n) is 4.82. The molecule has 22 heavy (non-hydrogen) atoms. The first-order valence-corrected chi connectivity index (χ1v) is 6.92. The number of ether oxygens (including phenoxy) is 1. The van der Waals surface area contributed by atoms with Crippen LogP contribution in [0.25, 0.3) is 0 Å². The monoisotopic (exact) mass is 301 g/mol. The number of carbonyl (C=O) groups excluding carboxylic acids is 1. The standard InChI is InChI=1S/C16H19N3O3/c1-11(20)9-17-15-8-7-12(10-18-15)19-16(21)13-5-3-4-6-14(13)22-2/h3-8,10-11,20H,9H2,1-2H3,(H,17,18)(H,19,21)/t11-/m0/s1. The molecule has 0 aliphatic carbocycles. The average Bonchev–Trinajstić information content (AvgIpc) is 2.54. The van der Waals surface area contributed by atoms with E-state index in [4.69, 9.17) is 4.74 Å². The molecule has 2 rings (SSSR count). The predicted molar refractivity (Wildman–Crippen MR) is 85.4 cm³/mol. The third-order valence-electron chi connectivity index (χ3n) is 2.95. The minimum atomic E-state index is -0.452. The van der Waals surface area contributed by atoms with Gasteiger partial charge in [-0.05, 0) is 31.2 Å². The van der Waals surface area contributed by atoms with Crippen LogP contribution in [0.3, 0.4) is 0 Å². The molecule has 1 aromatic carbocycles. The number of para-hydroxylation sites is 1. The van der Waals surface area contributed by atoms with E-state index in [1.165, 1.54) is 7.11 Å². The van der Waals surface area contributed by atoms with E-state index in [-0.39, 0.29) is 5.91 Å². The van der Waals surface area contributed by atoms with Crippen molar-refractivity contribution in [3.63, 3.8) is 0 Å². The van der Waals surface area contributed by atoms with Crippen molar-refractivity contribution in [1.29, 1.82) is 0 Å². The zero-order valence-electron chi connectivity index (χ0n) is 12.5. The van der Waals surface area contributed by atoms with Gasteiger partial charge in [-0.3, -0.25) is 4.79 Å². The molecular formula is C16H19N3O3. The lowest BCUT2D eigenvalue weighted by Gasteiger charge is -2.10. The Hall–Kier alpha value is -2.60. The number of hydrogen-bond acceptors (Lipinski definition) is 5. The molecule has 6 heteroatoms. The summed E-state index contributed by atoms with van der Waals surface area (Å²) in [5, 5.41) is 15.0. The van der Waals surface area contributed by atoms with Gasteiger partial charge in [0.15, 0.2) is 0 Å². The number of aliphatic hydroxyl groups excluding tert-OH is 1. The number of anilines is 2. The maximum absolute atomic E-state index is 12.2. The average molecular weight is 301 g/mol. The zero-order chi connectivity index (χ0) is 15.9. The molecule has 0 saturated heterocycles. The highest BCUT2D eigenvalue weighted by Gasteiger charge is 2.11. The summed E-state index contributed by atoms with van der Waals surface area (Å²) in [4.78, 5) is 16.4. The van der Waals surface area contributed by atoms with Crippen molar-refractivity contribution in [1.82, 2.24) is 4.98 Å². The van der Waals surface area contributed by atoms with E-state index >= 15 is 0 Å². The first kappa shape index (κ1) is 15.8. The molecule has 1 aromatic heterocycles. The molecule has 0 spiro atoms. The van der Waals surface area contributed by atoms with Gasteiger partial charge in [-0.15, -0.1) is 0 Å². The summed E-state index contributed by atoms with van der Waals surface area (Å²) in [7, 11) is 1.52. The van der Waals surface area contributed by atoms with E-state index < -0.39 is 6.10 Å². The molecule has 6 nitrogen and oxygen atoms in total. The van der Waals surface area contributed by atoms with Crippen LogP contribution in [0.5, 0.6) is 5.75 Å². The molecule has 116 valence electrons. The van der Waals surface area contributed by atoms with Crippen LogP contribution >= 0.6 is 0 Å². The lowest BCUT2D eigenvalue weighted by atomic mass is 10.2. The molecule has 0 aliphatic heterocycles. The van der Waals surface area contributed by atoms with Crippen LogP contribution in [0.1, 0.15) is 17.3 Å². The van der Waals surface area contributed by atoms with Crippen molar-refractivity contribution in [3.05, 3.63) is 48.2 Å². The molecule has 0 aliphatic rings. The molecule has 3 N–H and O–H groups in total. The Morgan fingerprint density at radius 3 is 2.73 bits per heavy atom. The maximum atomic E-state index is 12.2. The van der Waals surface area contributed by atoms with Gasteiger partial charge in [-0.25, -0.2) is 4.98 Å². The van der Waals surface area contributed by atoms with Crippen molar-refractivity contribution < 1.29 is 14.6 Å². The summed E-state index contributed by atoms with van der Waals surface area (Å²) in [6.45, 7) is 2.11. The number of benzene rings is 1. The number of carbonyl (C=O) groups is 1. The van der Waals surface area contributed by atoms with Gasteiger partial charge in [-0.2, -0.15) is 0 Å². The van der Waals surface area contributed by atoms with Crippen LogP contribution in [0.2, 0.25) is 0 Å². The predicted octanol–water partition coefficient (Wildman–Crippen LogP) is 2.14. The molecule has 1 atom stereocenters. The Morgan fingerprint density at radius 2 is 2.09 bits per heavy atom. The van der Waals surface area contributed by atoms with E-state index in [9.17, 15) is 9.90 Å². The Labute approximate surface area is 129 Å². The number of nitrogens with one attached hydrogen (secondary N) is 2. The number of aliphatic hydroxyl groups is 1. The molecular weight excluding hydrogens is 282 g/mol. The highest BCUT2D eigenvalue weighted by Crippen LogP contribution is 2.19. The Kier molecular flexibility index (Phi) is 5.32. The van der Waals surface area contributed by atoms with Crippen molar-refractivity contribution in [2.24, 2.45) is 0 Å². The summed E-state index contributed by atoms with van der Waals surface area (Å²) in [6, 6.07) is 10.5. The number of hydrogen-bond donors (Lipinski definition) is 3. The summed E-state index contributed by atoms with van der Waals surface area (Å²) in [5.74, 6) is 0.892. The quantitative estimate of drug-likeness (QED) is 0.761. The molecule has 0 bridgehead atoms. The number of aromatic nitrogens is 1. The van der Waals surface area contributed by atoms with Crippen molar-refractivity contribution in [2.75, 3.05) is 24.3 Å². The van der Waals surface area contributed by atoms with E-state index in [1.807, 2.05) is 0 Å². The van der Waals surface area contributed by atoms with Gasteiger partial charge in [-0.1, -0.05) is 12.1 Å². The first-order valence-electron chi connectivity index (χ1n) is 6.92. The first-order chi connectivity index (χ1) is 10.6. The van der Waals surface area contributed by atoms with Crippen molar-refractivity contribution >= 4 is 17.4 Å². The molecule has 1 heterocycles. The molecule has 0 radical (unpaired) electrons. The van der Waals surface area contributed by atoms with E-state index in [0.29, 0.717) is 29.4 Å². The summed E-state index contributed by atoms with van der Waals surface area (Å²) < 4.78 is 5.17. The van der Waals surface area contributed by atoms with Gasteiger partial charge in [0.1, 0.15) is 11.6 Å². The largest absolute Gasteiger partial charge is 0.496 e. The zero-order valence-corrected chi connectivity index (χ0v) is 12.5. The highest BCUT2D eigenvalue weighted by atomic mass is 16.5. The highest BCUT2D eigenvalue weighted by molar-refractivity contribution is 6.06. The van der Waals surface area contributed by atoms with Crippen LogP contribution < -0.4 is 15.4 Å². The fourth-order valence-corrected chi connectivity index (χ4v) is 1.86. The molecule has 0 unspecified atom stereocenters. The van der Waals surface area contributed by atoms with Gasteiger partial charge in [0.05, 0.1) is 30.7 Å². The van der Waals surface area contributed by atoms with Crippen molar-refractivity contribution in [3.8, 4) is 5.75 Å². The number of pyridine rings is 1. The fourth-order valence-electron chi connectivity index (χ4n) is 1.86. The Balaban J connectivity index is 2.02. The summed E-state index contributed by atoms with van der Waals surface area (Å²) in [6.07, 6.45) is 1.10. The van der Waals surface area contributed by atoms with Gasteiger partial charge in [0.25, 0.3) is 5.91 Å². The summed E-state index contributed by atoms with van der Waals surface area (Å²) >= 11 is 0. The SMILES string of the molecule is COc1ccccc1C(=O)Nc1ccc(NC[C@H](C)O)nc1. The number of nitrogens with zero attached hydrogens (tertiary/aromatic N) is 1. The third kappa shape index (κ3) is 4.20. The number of rotatable bonds is 6. The Morgan fingerprint density at radius 1 is 1.32 bits per heavy atom. The van der Waals surface area contributed by atoms with Crippen molar-refractivity contribution in [2.45, 2.75) is 13.0 Å². The smallest absolute Gasteiger partial charge is 0.259 e. The van der Waals surface area contributed by atoms with Crippen LogP contribution in [0, 0.1) is 0 Å². The molecule has 2 aromatic rings. The second kappa shape index (κ2) is 7.42. The number of methoxy groups -OCH3 is 1. The van der Waals surface area contributed by atoms with Crippen LogP contribution in [-0.4, -0.2) is 35.8 Å². The van der Waals surface area contributed by atoms with E-state index in [1.54, 1.807) is 49.5 Å². The third-order valence-corrected chi connectivity index (χ3v) is 2.95. The minimum absolute atomic E-state index is 0.260. The van der Waals surface area contributed by atoms with Gasteiger partial charge < -0.3 is 20.5 Å². The van der Waals surface area contributed by atoms with Crippen LogP contribution in [-0.2, 0) is 0 Å². The van der Waals surface area contributed by atoms with Crippen LogP contribution in [0.4, 0.5) is 11.5 Å². The normalized spacial score (nSPS) is 11.6. The Bertz CT molecular complexity index is 627. The molecule has 1 amide bonds. The maximum Gasteiger partial charge on any atom is 0.259 e. The summed E-state index contributed by atoms with van der Waals surface area (Å²) in [5.41, 5.74) is 1.04. The second-order valence-corrected chi connectivity index (χ2v) is 4.82. The van der Waals surface area contributed by atoms with E-state index in [2.05, 4.69) is 15.6 Å². The van der Waals surface area contributed by atoms with Gasteiger partial charge in [0, 0.05) is 6.54 Å². The molecule has 0 saturated carbocycles. The lowest BCUT2D eigenvalue weighted by Crippen LogP contribution is -2.16. The minimum Gasteiger partial charge on any atom is -0.496 e. The van der Waals surface area contributed by atoms with Crippen LogP contribution in [0.15, 0.2) is 42.6 Å². The number of amides is 1. The topological polar surface area (TPSA) is 83.5 Å².